The van der Waals surface area contributed by atoms with Crippen LogP contribution in [0.2, 0.25) is 0 Å². The molecular formula is C24H26F3N3O3. The number of halogens is 3. The summed E-state index contributed by atoms with van der Waals surface area (Å²) in [6, 6.07) is 13.3. The maximum absolute atomic E-state index is 13.5. The molecule has 176 valence electrons. The van der Waals surface area contributed by atoms with E-state index in [-0.39, 0.29) is 12.4 Å². The average molecular weight is 461 g/mol. The van der Waals surface area contributed by atoms with Gasteiger partial charge >= 0.3 is 6.18 Å². The van der Waals surface area contributed by atoms with Crippen LogP contribution in [0.3, 0.4) is 0 Å². The minimum atomic E-state index is -4.54. The van der Waals surface area contributed by atoms with Gasteiger partial charge in [-0.15, -0.1) is 0 Å². The molecule has 2 aromatic rings. The Morgan fingerprint density at radius 1 is 1.09 bits per heavy atom. The predicted octanol–water partition coefficient (Wildman–Crippen LogP) is 4.21. The summed E-state index contributed by atoms with van der Waals surface area (Å²) in [5, 5.41) is 2.50. The van der Waals surface area contributed by atoms with Gasteiger partial charge in [-0.3, -0.25) is 14.5 Å². The largest absolute Gasteiger partial charge is 0.475 e. The Kier molecular flexibility index (Phi) is 6.83. The molecule has 0 aromatic heterocycles. The average Bonchev–Trinajstić information content (AvgIpc) is 2.73. The van der Waals surface area contributed by atoms with Crippen LogP contribution in [0.25, 0.3) is 5.57 Å². The van der Waals surface area contributed by atoms with E-state index in [0.29, 0.717) is 23.4 Å². The molecule has 33 heavy (non-hydrogen) atoms. The number of amides is 2. The van der Waals surface area contributed by atoms with Crippen molar-refractivity contribution in [1.29, 1.82) is 0 Å². The molecule has 0 spiro atoms. The molecule has 0 atom stereocenters. The Morgan fingerprint density at radius 2 is 1.76 bits per heavy atom. The van der Waals surface area contributed by atoms with Crippen molar-refractivity contribution in [3.63, 3.8) is 0 Å². The number of hydrogen-bond acceptors (Lipinski definition) is 4. The third kappa shape index (κ3) is 5.36. The summed E-state index contributed by atoms with van der Waals surface area (Å²) in [5.41, 5.74) is -1.30. The first-order chi connectivity index (χ1) is 15.4. The zero-order valence-corrected chi connectivity index (χ0v) is 18.9. The molecule has 0 radical (unpaired) electrons. The summed E-state index contributed by atoms with van der Waals surface area (Å²) in [6.07, 6.45) is -4.54. The van der Waals surface area contributed by atoms with Gasteiger partial charge in [0.1, 0.15) is 11.3 Å². The lowest BCUT2D eigenvalue weighted by Gasteiger charge is -2.40. The second-order valence-electron chi connectivity index (χ2n) is 8.50. The molecule has 0 saturated heterocycles. The first-order valence-electron chi connectivity index (χ1n) is 10.3. The van der Waals surface area contributed by atoms with Crippen LogP contribution in [-0.2, 0) is 20.5 Å². The first kappa shape index (κ1) is 24.3. The normalized spacial score (nSPS) is 15.0. The van der Waals surface area contributed by atoms with Gasteiger partial charge in [-0.2, -0.15) is 13.2 Å². The van der Waals surface area contributed by atoms with Crippen LogP contribution in [0.4, 0.5) is 18.9 Å². The fourth-order valence-electron chi connectivity index (χ4n) is 3.42. The van der Waals surface area contributed by atoms with E-state index in [0.717, 1.165) is 12.1 Å². The number of alkyl halides is 3. The lowest BCUT2D eigenvalue weighted by atomic mass is 9.96. The van der Waals surface area contributed by atoms with Crippen LogP contribution in [0.15, 0.2) is 60.4 Å². The molecule has 9 heteroatoms. The summed E-state index contributed by atoms with van der Waals surface area (Å²) in [7, 11) is 3.70. The minimum Gasteiger partial charge on any atom is -0.475 e. The Morgan fingerprint density at radius 3 is 2.36 bits per heavy atom. The Hall–Kier alpha value is -3.33. The van der Waals surface area contributed by atoms with Gasteiger partial charge in [0, 0.05) is 5.69 Å². The number of carbonyl (C=O) groups is 2. The minimum absolute atomic E-state index is 0.0135. The van der Waals surface area contributed by atoms with Gasteiger partial charge in [0.05, 0.1) is 17.7 Å². The number of ether oxygens (including phenoxy) is 1. The van der Waals surface area contributed by atoms with E-state index in [1.165, 1.54) is 30.9 Å². The third-order valence-electron chi connectivity index (χ3n) is 5.31. The summed E-state index contributed by atoms with van der Waals surface area (Å²) in [5.74, 6) is -0.544. The highest BCUT2D eigenvalue weighted by atomic mass is 19.4. The van der Waals surface area contributed by atoms with E-state index in [4.69, 9.17) is 4.74 Å². The molecule has 1 N–H and O–H groups in total. The smallest absolute Gasteiger partial charge is 0.416 e. The van der Waals surface area contributed by atoms with Crippen LogP contribution in [-0.4, -0.2) is 54.5 Å². The van der Waals surface area contributed by atoms with E-state index < -0.39 is 29.1 Å². The highest BCUT2D eigenvalue weighted by Crippen LogP contribution is 2.33. The maximum atomic E-state index is 13.5. The van der Waals surface area contributed by atoms with E-state index in [1.807, 2.05) is 25.1 Å². The van der Waals surface area contributed by atoms with Gasteiger partial charge in [0.25, 0.3) is 5.91 Å². The van der Waals surface area contributed by atoms with Crippen molar-refractivity contribution in [2.45, 2.75) is 25.6 Å². The Balaban J connectivity index is 1.90. The second-order valence-corrected chi connectivity index (χ2v) is 8.50. The number of nitrogens with one attached hydrogen (secondary N) is 1. The van der Waals surface area contributed by atoms with Gasteiger partial charge in [0.2, 0.25) is 5.91 Å². The lowest BCUT2D eigenvalue weighted by Crippen LogP contribution is -2.57. The van der Waals surface area contributed by atoms with Crippen molar-refractivity contribution in [2.24, 2.45) is 0 Å². The number of carbonyl (C=O) groups excluding carboxylic acids is 2. The van der Waals surface area contributed by atoms with Crippen molar-refractivity contribution in [2.75, 3.05) is 32.7 Å². The van der Waals surface area contributed by atoms with Gasteiger partial charge in [-0.1, -0.05) is 36.4 Å². The molecule has 0 saturated carbocycles. The van der Waals surface area contributed by atoms with Gasteiger partial charge in [0.15, 0.2) is 6.73 Å². The summed E-state index contributed by atoms with van der Waals surface area (Å²) >= 11 is 0. The summed E-state index contributed by atoms with van der Waals surface area (Å²) in [4.78, 5) is 29.8. The van der Waals surface area contributed by atoms with Crippen molar-refractivity contribution in [3.8, 4) is 0 Å². The monoisotopic (exact) mass is 461 g/mol. The van der Waals surface area contributed by atoms with Crippen molar-refractivity contribution in [1.82, 2.24) is 9.80 Å². The number of benzene rings is 2. The zero-order valence-electron chi connectivity index (χ0n) is 18.9. The Bertz CT molecular complexity index is 1060. The fraction of sp³-hybridized carbons (Fsp3) is 0.333. The lowest BCUT2D eigenvalue weighted by molar-refractivity contribution is -0.147. The number of nitrogens with zero attached hydrogens (tertiary/aromatic N) is 2. The highest BCUT2D eigenvalue weighted by Gasteiger charge is 2.43. The molecule has 1 aliphatic heterocycles. The molecule has 3 rings (SSSR count). The van der Waals surface area contributed by atoms with Crippen LogP contribution in [0.5, 0.6) is 0 Å². The molecule has 2 amide bonds. The van der Waals surface area contributed by atoms with Crippen molar-refractivity contribution >= 4 is 23.1 Å². The summed E-state index contributed by atoms with van der Waals surface area (Å²) in [6.45, 7) is 3.27. The molecule has 6 nitrogen and oxygen atoms in total. The topological polar surface area (TPSA) is 61.9 Å². The van der Waals surface area contributed by atoms with Crippen LogP contribution in [0, 0.1) is 0 Å². The maximum Gasteiger partial charge on any atom is 0.416 e. The van der Waals surface area contributed by atoms with Crippen LogP contribution < -0.4 is 5.32 Å². The van der Waals surface area contributed by atoms with Gasteiger partial charge in [-0.25, -0.2) is 0 Å². The Labute approximate surface area is 190 Å². The fourth-order valence-corrected chi connectivity index (χ4v) is 3.42. The van der Waals surface area contributed by atoms with E-state index >= 15 is 0 Å². The first-order valence-corrected chi connectivity index (χ1v) is 10.3. The molecule has 0 bridgehead atoms. The molecular weight excluding hydrogens is 435 g/mol. The van der Waals surface area contributed by atoms with Gasteiger partial charge in [-0.05, 0) is 51.7 Å². The molecule has 0 fully saturated rings. The number of anilines is 1. The van der Waals surface area contributed by atoms with Crippen LogP contribution >= 0.6 is 0 Å². The SMILES string of the molecule is CN(C)CC1=C(c2ccccc2)C(=O)N(C(C)(C)C(=O)Nc2cccc(C(F)(F)F)c2)CO1. The quantitative estimate of drug-likeness (QED) is 0.700. The number of hydrogen-bond donors (Lipinski definition) is 1. The second kappa shape index (κ2) is 9.27. The standard InChI is InChI=1S/C24H26F3N3O3/c1-23(2,22(32)28-18-12-8-11-17(13-18)24(25,26)27)30-15-33-19(14-29(3)4)20(21(30)31)16-9-6-5-7-10-16/h5-13H,14-15H2,1-4H3,(H,28,32). The van der Waals surface area contributed by atoms with Gasteiger partial charge < -0.3 is 15.0 Å². The molecule has 1 aliphatic rings. The molecule has 1 heterocycles. The van der Waals surface area contributed by atoms with E-state index in [9.17, 15) is 22.8 Å². The number of likely N-dealkylation sites (N-methyl/N-ethyl adjacent to an activating group) is 1. The third-order valence-corrected chi connectivity index (χ3v) is 5.31. The van der Waals surface area contributed by atoms with Crippen molar-refractivity contribution < 1.29 is 27.5 Å². The van der Waals surface area contributed by atoms with Crippen molar-refractivity contribution in [3.05, 3.63) is 71.5 Å². The molecule has 0 aliphatic carbocycles. The predicted molar refractivity (Wildman–Crippen MR) is 119 cm³/mol. The summed E-state index contributed by atoms with van der Waals surface area (Å²) < 4.78 is 45.0. The van der Waals surface area contributed by atoms with E-state index in [1.54, 1.807) is 24.3 Å². The zero-order chi connectivity index (χ0) is 24.4. The molecule has 0 unspecified atom stereocenters. The number of rotatable bonds is 6. The van der Waals surface area contributed by atoms with Crippen LogP contribution in [0.1, 0.15) is 25.0 Å². The molecule has 2 aromatic carbocycles. The highest BCUT2D eigenvalue weighted by molar-refractivity contribution is 6.22. The van der Waals surface area contributed by atoms with E-state index in [2.05, 4.69) is 5.32 Å².